The number of aromatic amines is 1. The number of ether oxygens (including phenoxy) is 1. The number of rotatable bonds is 5. The van der Waals surface area contributed by atoms with Crippen molar-refractivity contribution in [3.8, 4) is 17.6 Å². The number of nitrogens with zero attached hydrogens (tertiary/aromatic N) is 3. The second-order valence-corrected chi connectivity index (χ2v) is 9.34. The number of hydrogen-bond donors (Lipinski definition) is 3. The van der Waals surface area contributed by atoms with Crippen molar-refractivity contribution in [1.82, 2.24) is 19.8 Å². The fraction of sp³-hybridized carbons (Fsp3) is 0.321. The second-order valence-electron chi connectivity index (χ2n) is 9.34. The van der Waals surface area contributed by atoms with Crippen LogP contribution in [0.5, 0.6) is 5.75 Å². The number of hydrogen-bond acceptors (Lipinski definition) is 7. The molecule has 2 aromatic carbocycles. The molecule has 2 saturated heterocycles. The van der Waals surface area contributed by atoms with Crippen molar-refractivity contribution in [2.45, 2.75) is 25.0 Å². The number of nitrogens with two attached hydrogens (primary N) is 1. The molecule has 2 aliphatic rings. The van der Waals surface area contributed by atoms with Crippen LogP contribution in [-0.2, 0) is 22.6 Å². The zero-order valence-corrected chi connectivity index (χ0v) is 20.4. The van der Waals surface area contributed by atoms with E-state index in [1.165, 1.54) is 16.8 Å². The minimum absolute atomic E-state index is 0.0214. The zero-order chi connectivity index (χ0) is 25.8. The van der Waals surface area contributed by atoms with Gasteiger partial charge >= 0.3 is 0 Å². The van der Waals surface area contributed by atoms with E-state index in [-0.39, 0.29) is 24.1 Å². The van der Waals surface area contributed by atoms with Crippen molar-refractivity contribution < 1.29 is 14.6 Å². The maximum Gasteiger partial charge on any atom is 0.293 e. The Morgan fingerprint density at radius 3 is 2.32 bits per heavy atom. The van der Waals surface area contributed by atoms with Gasteiger partial charge in [-0.2, -0.15) is 0 Å². The lowest BCUT2D eigenvalue weighted by Gasteiger charge is -2.26. The van der Waals surface area contributed by atoms with Gasteiger partial charge in [-0.3, -0.25) is 14.5 Å². The van der Waals surface area contributed by atoms with Gasteiger partial charge in [0.2, 0.25) is 11.7 Å². The van der Waals surface area contributed by atoms with Gasteiger partial charge in [0, 0.05) is 43.2 Å². The molecule has 3 heterocycles. The van der Waals surface area contributed by atoms with Crippen LogP contribution in [0.3, 0.4) is 0 Å². The predicted molar refractivity (Wildman–Crippen MR) is 138 cm³/mol. The smallest absolute Gasteiger partial charge is 0.293 e. The monoisotopic (exact) mass is 499 g/mol. The van der Waals surface area contributed by atoms with Gasteiger partial charge in [-0.05, 0) is 35.4 Å². The highest BCUT2D eigenvalue weighted by Crippen LogP contribution is 2.29. The standard InChI is InChI=1S/C28H29N5O4/c29-25-23(16-33(28(25)36)17-24-26(34)27(35)31-18-30-24)22-9-7-20(8-10-22)2-1-19-3-5-21(6-4-19)15-32-11-13-37-14-12-32/h3-10,18,23,25,34H,11-17,29H2,(H,30,31,35). The molecule has 0 aliphatic carbocycles. The zero-order valence-electron chi connectivity index (χ0n) is 20.4. The number of aromatic nitrogens is 2. The van der Waals surface area contributed by atoms with Crippen LogP contribution < -0.4 is 11.3 Å². The number of morpholine rings is 1. The lowest BCUT2D eigenvalue weighted by Crippen LogP contribution is -2.35. The Morgan fingerprint density at radius 2 is 1.65 bits per heavy atom. The molecule has 0 spiro atoms. The minimum atomic E-state index is -0.711. The summed E-state index contributed by atoms with van der Waals surface area (Å²) in [5.41, 5.74) is 9.75. The normalized spacial score (nSPS) is 20.0. The summed E-state index contributed by atoms with van der Waals surface area (Å²) in [5.74, 6) is 5.47. The van der Waals surface area contributed by atoms with Gasteiger partial charge in [-0.25, -0.2) is 4.98 Å². The van der Waals surface area contributed by atoms with E-state index >= 15 is 0 Å². The average molecular weight is 500 g/mol. The predicted octanol–water partition coefficient (Wildman–Crippen LogP) is 1.16. The first-order chi connectivity index (χ1) is 18.0. The lowest BCUT2D eigenvalue weighted by atomic mass is 9.94. The summed E-state index contributed by atoms with van der Waals surface area (Å²) in [6, 6.07) is 15.4. The highest BCUT2D eigenvalue weighted by atomic mass is 16.5. The quantitative estimate of drug-likeness (QED) is 0.450. The summed E-state index contributed by atoms with van der Waals surface area (Å²) in [6.07, 6.45) is 1.20. The van der Waals surface area contributed by atoms with E-state index < -0.39 is 17.4 Å². The van der Waals surface area contributed by atoms with Gasteiger partial charge in [0.15, 0.2) is 0 Å². The van der Waals surface area contributed by atoms with Gasteiger partial charge in [0.1, 0.15) is 5.69 Å². The van der Waals surface area contributed by atoms with Gasteiger partial charge in [-0.1, -0.05) is 36.1 Å². The largest absolute Gasteiger partial charge is 0.502 e. The molecule has 190 valence electrons. The number of nitrogens with one attached hydrogen (secondary N) is 1. The molecule has 3 aromatic rings. The molecule has 0 bridgehead atoms. The first-order valence-corrected chi connectivity index (χ1v) is 12.3. The van der Waals surface area contributed by atoms with E-state index in [2.05, 4.69) is 38.8 Å². The number of aromatic hydroxyl groups is 1. The van der Waals surface area contributed by atoms with Crippen LogP contribution in [0.15, 0.2) is 59.7 Å². The van der Waals surface area contributed by atoms with Crippen molar-refractivity contribution in [2.24, 2.45) is 5.73 Å². The maximum absolute atomic E-state index is 12.7. The molecule has 5 rings (SSSR count). The average Bonchev–Trinajstić information content (AvgIpc) is 3.20. The van der Waals surface area contributed by atoms with Gasteiger partial charge < -0.3 is 25.5 Å². The van der Waals surface area contributed by atoms with Crippen LogP contribution in [0.4, 0.5) is 0 Å². The molecule has 4 N–H and O–H groups in total. The molecule has 0 saturated carbocycles. The molecule has 9 heteroatoms. The molecule has 37 heavy (non-hydrogen) atoms. The second kappa shape index (κ2) is 11.0. The Morgan fingerprint density at radius 1 is 1.00 bits per heavy atom. The maximum atomic E-state index is 12.7. The summed E-state index contributed by atoms with van der Waals surface area (Å²) in [6.45, 7) is 4.82. The fourth-order valence-electron chi connectivity index (χ4n) is 4.67. The van der Waals surface area contributed by atoms with E-state index in [0.717, 1.165) is 49.5 Å². The van der Waals surface area contributed by atoms with Crippen molar-refractivity contribution in [3.05, 3.63) is 93.2 Å². The molecule has 2 aliphatic heterocycles. The van der Waals surface area contributed by atoms with E-state index in [9.17, 15) is 14.7 Å². The van der Waals surface area contributed by atoms with Crippen LogP contribution in [0.25, 0.3) is 0 Å². The van der Waals surface area contributed by atoms with E-state index in [4.69, 9.17) is 10.5 Å². The summed E-state index contributed by atoms with van der Waals surface area (Å²) >= 11 is 0. The SMILES string of the molecule is NC1C(=O)N(Cc2nc[nH]c(=O)c2O)CC1c1ccc(C#Cc2ccc(CN3CCOCC3)cc2)cc1. The highest BCUT2D eigenvalue weighted by molar-refractivity contribution is 5.85. The number of amides is 1. The van der Waals surface area contributed by atoms with Crippen molar-refractivity contribution in [3.63, 3.8) is 0 Å². The van der Waals surface area contributed by atoms with Crippen molar-refractivity contribution in [2.75, 3.05) is 32.8 Å². The molecule has 0 radical (unpaired) electrons. The lowest BCUT2D eigenvalue weighted by molar-refractivity contribution is -0.129. The third-order valence-electron chi connectivity index (χ3n) is 6.85. The number of carbonyl (C=O) groups is 1. The Hall–Kier alpha value is -3.97. The van der Waals surface area contributed by atoms with Crippen LogP contribution in [0.1, 0.15) is 33.9 Å². The molecule has 1 aromatic heterocycles. The van der Waals surface area contributed by atoms with E-state index in [1.54, 1.807) is 0 Å². The fourth-order valence-corrected chi connectivity index (χ4v) is 4.67. The summed E-state index contributed by atoms with van der Waals surface area (Å²) in [4.78, 5) is 34.5. The van der Waals surface area contributed by atoms with Gasteiger partial charge in [0.25, 0.3) is 5.56 Å². The number of carbonyl (C=O) groups excluding carboxylic acids is 1. The summed E-state index contributed by atoms with van der Waals surface area (Å²) in [5, 5.41) is 9.94. The first kappa shape index (κ1) is 24.7. The Labute approximate surface area is 214 Å². The Bertz CT molecular complexity index is 1370. The van der Waals surface area contributed by atoms with E-state index in [1.807, 2.05) is 36.4 Å². The van der Waals surface area contributed by atoms with Crippen LogP contribution >= 0.6 is 0 Å². The third-order valence-corrected chi connectivity index (χ3v) is 6.85. The number of H-pyrrole nitrogens is 1. The first-order valence-electron chi connectivity index (χ1n) is 12.3. The Balaban J connectivity index is 1.21. The highest BCUT2D eigenvalue weighted by Gasteiger charge is 2.39. The molecule has 2 fully saturated rings. The summed E-state index contributed by atoms with van der Waals surface area (Å²) in [7, 11) is 0. The number of likely N-dealkylation sites (tertiary alicyclic amines) is 1. The summed E-state index contributed by atoms with van der Waals surface area (Å²) < 4.78 is 5.41. The molecule has 2 atom stereocenters. The van der Waals surface area contributed by atoms with Gasteiger partial charge in [-0.15, -0.1) is 0 Å². The number of benzene rings is 2. The van der Waals surface area contributed by atoms with Crippen molar-refractivity contribution in [1.29, 1.82) is 0 Å². The third kappa shape index (κ3) is 5.73. The molecular formula is C28H29N5O4. The topological polar surface area (TPSA) is 125 Å². The van der Waals surface area contributed by atoms with E-state index in [0.29, 0.717) is 6.54 Å². The molecular weight excluding hydrogens is 470 g/mol. The minimum Gasteiger partial charge on any atom is -0.502 e. The molecule has 9 nitrogen and oxygen atoms in total. The van der Waals surface area contributed by atoms with Crippen LogP contribution in [0.2, 0.25) is 0 Å². The van der Waals surface area contributed by atoms with Crippen molar-refractivity contribution >= 4 is 5.91 Å². The van der Waals surface area contributed by atoms with Gasteiger partial charge in [0.05, 0.1) is 32.1 Å². The van der Waals surface area contributed by atoms with Crippen LogP contribution in [-0.4, -0.2) is 69.7 Å². The molecule has 1 amide bonds. The molecule has 2 unspecified atom stereocenters. The Kier molecular flexibility index (Phi) is 7.32. The van der Waals surface area contributed by atoms with Crippen LogP contribution in [0, 0.1) is 11.8 Å².